The molecule has 0 aliphatic rings. The van der Waals surface area contributed by atoms with Crippen LogP contribution in [0.4, 0.5) is 0 Å². The highest BCUT2D eigenvalue weighted by Crippen LogP contribution is 2.17. The van der Waals surface area contributed by atoms with Crippen LogP contribution >= 0.6 is 0 Å². The number of likely N-dealkylation sites (N-methyl/N-ethyl adjacent to an activating group) is 1. The Kier molecular flexibility index (Phi) is 46.2. The highest BCUT2D eigenvalue weighted by Gasteiger charge is 2.26. The lowest BCUT2D eigenvalue weighted by Crippen LogP contribution is -2.43. The number of carbonyl (C=O) groups excluding carboxylic acids is 7. The normalized spacial score (nSPS) is 12.6. The highest BCUT2D eigenvalue weighted by molar-refractivity contribution is 5.87. The fourth-order valence-electron chi connectivity index (χ4n) is 8.23. The van der Waals surface area contributed by atoms with Crippen LogP contribution in [0, 0.1) is 5.92 Å². The van der Waals surface area contributed by atoms with Gasteiger partial charge in [-0.05, 0) is 71.8 Å². The number of hydrogen-bond acceptors (Lipinski definition) is 16. The summed E-state index contributed by atoms with van der Waals surface area (Å²) in [6, 6.07) is -2.82. The molecular formula is C55H95N5O19. The van der Waals surface area contributed by atoms with Crippen molar-refractivity contribution < 1.29 is 92.1 Å². The van der Waals surface area contributed by atoms with Crippen LogP contribution in [0.2, 0.25) is 0 Å². The molecule has 0 rings (SSSR count). The third-order valence-electron chi connectivity index (χ3n) is 12.9. The van der Waals surface area contributed by atoms with Crippen molar-refractivity contribution in [3.8, 4) is 0 Å². The molecule has 0 aromatic rings. The Bertz CT molecular complexity index is 1790. The Morgan fingerprint density at radius 3 is 1.38 bits per heavy atom. The highest BCUT2D eigenvalue weighted by atomic mass is 16.5. The molecule has 0 heterocycles. The number of ketones is 3. The first-order valence-corrected chi connectivity index (χ1v) is 28.4. The summed E-state index contributed by atoms with van der Waals surface area (Å²) in [4.78, 5) is 131. The molecule has 79 heavy (non-hydrogen) atoms. The van der Waals surface area contributed by atoms with Crippen LogP contribution in [0.5, 0.6) is 0 Å². The van der Waals surface area contributed by atoms with Crippen LogP contribution < -0.4 is 26.6 Å². The number of carboxylic acids is 4. The second kappa shape index (κ2) is 49.6. The molecule has 4 amide bonds. The lowest BCUT2D eigenvalue weighted by Gasteiger charge is -2.16. The van der Waals surface area contributed by atoms with Gasteiger partial charge in [-0.25, -0.2) is 9.59 Å². The minimum absolute atomic E-state index is 0.000626. The Balaban J connectivity index is 3.97. The van der Waals surface area contributed by atoms with Crippen molar-refractivity contribution in [3.63, 3.8) is 0 Å². The van der Waals surface area contributed by atoms with E-state index in [0.29, 0.717) is 38.6 Å². The molecule has 0 fully saturated rings. The summed E-state index contributed by atoms with van der Waals surface area (Å²) >= 11 is 0. The number of amides is 4. The molecule has 24 heteroatoms. The van der Waals surface area contributed by atoms with Gasteiger partial charge in [-0.2, -0.15) is 0 Å². The first kappa shape index (κ1) is 73.6. The SMILES string of the molecule is CN[C@@H](CCCCNC(=O)CC[C@H](CC(=O)CC[C@H](NC(=O)COCCOCCNC(=O)COCCOCCCC(=O)CC[C@H](NC(=O)CCCCCCCCCCCCCCCCC(=O)O)C(=O)O)C(=O)O)C(=O)O)C(C)=O. The quantitative estimate of drug-likeness (QED) is 0.0380. The molecule has 0 aromatic carbocycles. The van der Waals surface area contributed by atoms with Gasteiger partial charge in [0.2, 0.25) is 23.6 Å². The van der Waals surface area contributed by atoms with E-state index in [1.165, 1.54) is 39.0 Å². The maximum atomic E-state index is 12.6. The average molecular weight is 1130 g/mol. The third-order valence-corrected chi connectivity index (χ3v) is 12.9. The summed E-state index contributed by atoms with van der Waals surface area (Å²) in [6.07, 6.45) is 16.7. The number of aliphatic carboxylic acids is 4. The number of rotatable bonds is 57. The summed E-state index contributed by atoms with van der Waals surface area (Å²) in [6.45, 7) is 1.98. The summed E-state index contributed by atoms with van der Waals surface area (Å²) in [5.74, 6) is -8.25. The van der Waals surface area contributed by atoms with E-state index in [4.69, 9.17) is 24.1 Å². The monoisotopic (exact) mass is 1130 g/mol. The summed E-state index contributed by atoms with van der Waals surface area (Å²) in [7, 11) is 1.70. The Hall–Kier alpha value is -5.43. The number of Topliss-reactive ketones (excluding diaryl/α,β-unsaturated/α-hetero) is 3. The van der Waals surface area contributed by atoms with Gasteiger partial charge < -0.3 is 66.0 Å². The van der Waals surface area contributed by atoms with Gasteiger partial charge in [-0.1, -0.05) is 77.0 Å². The van der Waals surface area contributed by atoms with E-state index in [1.54, 1.807) is 7.05 Å². The Morgan fingerprint density at radius 2 is 0.861 bits per heavy atom. The zero-order valence-corrected chi connectivity index (χ0v) is 47.1. The first-order valence-electron chi connectivity index (χ1n) is 28.4. The fourth-order valence-corrected chi connectivity index (χ4v) is 8.23. The maximum Gasteiger partial charge on any atom is 0.326 e. The summed E-state index contributed by atoms with van der Waals surface area (Å²) in [5.41, 5.74) is 0. The zero-order chi connectivity index (χ0) is 58.9. The van der Waals surface area contributed by atoms with E-state index in [1.807, 2.05) is 0 Å². The lowest BCUT2D eigenvalue weighted by molar-refractivity contribution is -0.145. The number of carbonyl (C=O) groups is 11. The standard InChI is InChI=1S/C55H95N5O19/c1-41(61)45(56-2)21-17-18-30-57-48(64)29-24-42(53(70)71)38-44(63)26-28-47(55(74)75)60-51(67)40-79-37-35-77-33-31-58-50(66)39-78-36-34-76-32-19-20-43(62)25-27-46(54(72)73)59-49(65)22-15-13-11-9-7-5-3-4-6-8-10-12-14-16-23-52(68)69/h42,45-47,56H,3-40H2,1-2H3,(H,57,64)(H,58,66)(H,59,65)(H,60,67)(H,68,69)(H,70,71)(H,72,73)(H,74,75)/t42-,45+,46+,47+/m1/s1. The molecular weight excluding hydrogens is 1030 g/mol. The van der Waals surface area contributed by atoms with Gasteiger partial charge >= 0.3 is 23.9 Å². The van der Waals surface area contributed by atoms with E-state index < -0.39 is 72.5 Å². The fraction of sp³-hybridized carbons (Fsp3) is 0.800. The van der Waals surface area contributed by atoms with Crippen molar-refractivity contribution in [2.45, 2.75) is 205 Å². The van der Waals surface area contributed by atoms with Gasteiger partial charge in [0.1, 0.15) is 42.6 Å². The number of nitrogens with one attached hydrogen (secondary N) is 5. The minimum atomic E-state index is -1.43. The second-order valence-corrected chi connectivity index (χ2v) is 19.8. The van der Waals surface area contributed by atoms with Crippen LogP contribution in [-0.2, 0) is 71.7 Å². The Morgan fingerprint density at radius 1 is 0.380 bits per heavy atom. The van der Waals surface area contributed by atoms with Gasteiger partial charge in [-0.15, -0.1) is 0 Å². The largest absolute Gasteiger partial charge is 0.481 e. The number of unbranched alkanes of at least 4 members (excludes halogenated alkanes) is 14. The zero-order valence-electron chi connectivity index (χ0n) is 47.1. The van der Waals surface area contributed by atoms with Gasteiger partial charge in [-0.3, -0.25) is 43.2 Å². The first-order chi connectivity index (χ1) is 37.9. The molecule has 0 radical (unpaired) electrons. The van der Waals surface area contributed by atoms with E-state index in [-0.39, 0.29) is 140 Å². The molecule has 0 saturated carbocycles. The molecule has 4 atom stereocenters. The molecule has 0 unspecified atom stereocenters. The van der Waals surface area contributed by atoms with Gasteiger partial charge in [0.15, 0.2) is 0 Å². The predicted octanol–water partition coefficient (Wildman–Crippen LogP) is 4.45. The molecule has 454 valence electrons. The molecule has 0 spiro atoms. The molecule has 0 aliphatic heterocycles. The van der Waals surface area contributed by atoms with E-state index in [9.17, 15) is 68.1 Å². The molecule has 24 nitrogen and oxygen atoms in total. The molecule has 0 aliphatic carbocycles. The van der Waals surface area contributed by atoms with E-state index in [0.717, 1.165) is 51.4 Å². The van der Waals surface area contributed by atoms with Crippen LogP contribution in [-0.4, -0.2) is 176 Å². The Labute approximate surface area is 466 Å². The van der Waals surface area contributed by atoms with Crippen LogP contribution in [0.3, 0.4) is 0 Å². The molecule has 0 bridgehead atoms. The van der Waals surface area contributed by atoms with Gasteiger partial charge in [0.05, 0.1) is 45.0 Å². The van der Waals surface area contributed by atoms with Crippen molar-refractivity contribution in [1.29, 1.82) is 0 Å². The summed E-state index contributed by atoms with van der Waals surface area (Å²) < 4.78 is 21.3. The molecule has 9 N–H and O–H groups in total. The third kappa shape index (κ3) is 46.1. The van der Waals surface area contributed by atoms with E-state index in [2.05, 4.69) is 26.6 Å². The minimum Gasteiger partial charge on any atom is -0.481 e. The summed E-state index contributed by atoms with van der Waals surface area (Å²) in [5, 5.41) is 50.4. The van der Waals surface area contributed by atoms with Crippen LogP contribution in [0.25, 0.3) is 0 Å². The van der Waals surface area contributed by atoms with Crippen molar-refractivity contribution in [2.75, 3.05) is 73.0 Å². The van der Waals surface area contributed by atoms with Crippen LogP contribution in [0.15, 0.2) is 0 Å². The number of hydrogen-bond donors (Lipinski definition) is 9. The van der Waals surface area contributed by atoms with Crippen molar-refractivity contribution in [1.82, 2.24) is 26.6 Å². The van der Waals surface area contributed by atoms with Gasteiger partial charge in [0.25, 0.3) is 0 Å². The van der Waals surface area contributed by atoms with Gasteiger partial charge in [0, 0.05) is 64.6 Å². The van der Waals surface area contributed by atoms with E-state index >= 15 is 0 Å². The predicted molar refractivity (Wildman–Crippen MR) is 290 cm³/mol. The van der Waals surface area contributed by atoms with Crippen molar-refractivity contribution in [3.05, 3.63) is 0 Å². The topological polar surface area (TPSA) is 366 Å². The molecule has 0 aromatic heterocycles. The average Bonchev–Trinajstić information content (AvgIpc) is 3.39. The second-order valence-electron chi connectivity index (χ2n) is 19.8. The lowest BCUT2D eigenvalue weighted by atomic mass is 9.94. The van der Waals surface area contributed by atoms with Crippen LogP contribution in [0.1, 0.15) is 187 Å². The number of ether oxygens (including phenoxy) is 4. The van der Waals surface area contributed by atoms with Crippen molar-refractivity contribution >= 4 is 64.9 Å². The maximum absolute atomic E-state index is 12.6. The number of carboxylic acid groups (broad SMARTS) is 4. The molecule has 0 saturated heterocycles. The smallest absolute Gasteiger partial charge is 0.326 e. The van der Waals surface area contributed by atoms with Crippen molar-refractivity contribution in [2.24, 2.45) is 5.92 Å².